The van der Waals surface area contributed by atoms with Gasteiger partial charge in [-0.1, -0.05) is 149 Å². The summed E-state index contributed by atoms with van der Waals surface area (Å²) in [6.45, 7) is 4.57. The van der Waals surface area contributed by atoms with E-state index < -0.39 is 5.97 Å². The van der Waals surface area contributed by atoms with E-state index in [1.807, 2.05) is 0 Å². The zero-order valence-corrected chi connectivity index (χ0v) is 26.9. The summed E-state index contributed by atoms with van der Waals surface area (Å²) in [4.78, 5) is 0. The van der Waals surface area contributed by atoms with Crippen molar-refractivity contribution in [3.8, 4) is 0 Å². The van der Waals surface area contributed by atoms with Gasteiger partial charge in [0, 0.05) is 27.2 Å². The van der Waals surface area contributed by atoms with Crippen molar-refractivity contribution in [1.29, 1.82) is 0 Å². The highest BCUT2D eigenvalue weighted by Crippen LogP contribution is 2.32. The van der Waals surface area contributed by atoms with Gasteiger partial charge in [-0.05, 0) is 30.8 Å². The lowest BCUT2D eigenvalue weighted by Crippen LogP contribution is -2.44. The highest BCUT2D eigenvalue weighted by Gasteiger charge is 2.39. The highest BCUT2D eigenvalue weighted by molar-refractivity contribution is 7.99. The predicted octanol–water partition coefficient (Wildman–Crippen LogP) is 11.3. The molecule has 0 aliphatic carbocycles. The number of thioether (sulfide) groups is 1. The lowest BCUT2D eigenvalue weighted by atomic mass is 9.95. The molecule has 1 atom stereocenters. The third kappa shape index (κ3) is 21.7. The molecule has 3 nitrogen and oxygen atoms in total. The number of unbranched alkanes of at least 4 members (excludes halogenated alkanes) is 20. The molecule has 0 fully saturated rings. The van der Waals surface area contributed by atoms with Gasteiger partial charge in [0.25, 0.3) is 5.97 Å². The van der Waals surface area contributed by atoms with Crippen molar-refractivity contribution in [2.24, 2.45) is 5.92 Å². The van der Waals surface area contributed by atoms with E-state index in [4.69, 9.17) is 14.2 Å². The van der Waals surface area contributed by atoms with E-state index in [0.717, 1.165) is 18.6 Å². The van der Waals surface area contributed by atoms with E-state index in [2.05, 4.69) is 25.6 Å². The van der Waals surface area contributed by atoms with Crippen molar-refractivity contribution < 1.29 is 14.2 Å². The summed E-state index contributed by atoms with van der Waals surface area (Å²) in [6.07, 6.45) is 33.1. The van der Waals surface area contributed by atoms with Gasteiger partial charge in [0.15, 0.2) is 0 Å². The molecular formula is C33H68O3S. The second-order valence-electron chi connectivity index (χ2n) is 11.2. The molecule has 0 saturated carbocycles. The zero-order valence-electron chi connectivity index (χ0n) is 26.1. The quantitative estimate of drug-likeness (QED) is 0.0640. The fourth-order valence-electron chi connectivity index (χ4n) is 5.50. The normalized spacial score (nSPS) is 12.9. The van der Waals surface area contributed by atoms with Gasteiger partial charge in [0.1, 0.15) is 0 Å². The molecule has 0 rings (SSSR count). The van der Waals surface area contributed by atoms with Gasteiger partial charge in [-0.3, -0.25) is 0 Å². The van der Waals surface area contributed by atoms with Crippen LogP contribution in [0, 0.1) is 5.92 Å². The summed E-state index contributed by atoms with van der Waals surface area (Å²) >= 11 is 2.10. The van der Waals surface area contributed by atoms with Crippen LogP contribution in [0.15, 0.2) is 0 Å². The van der Waals surface area contributed by atoms with Gasteiger partial charge >= 0.3 is 0 Å². The lowest BCUT2D eigenvalue weighted by Gasteiger charge is -2.36. The van der Waals surface area contributed by atoms with Crippen molar-refractivity contribution >= 4 is 11.8 Å². The first-order valence-electron chi connectivity index (χ1n) is 16.4. The molecule has 0 aromatic rings. The van der Waals surface area contributed by atoms with Gasteiger partial charge in [0.2, 0.25) is 0 Å². The van der Waals surface area contributed by atoms with Crippen molar-refractivity contribution in [2.45, 2.75) is 174 Å². The molecule has 0 N–H and O–H groups in total. The van der Waals surface area contributed by atoms with Crippen molar-refractivity contribution in [3.05, 3.63) is 0 Å². The molecule has 0 saturated heterocycles. The minimum absolute atomic E-state index is 0.289. The van der Waals surface area contributed by atoms with Crippen LogP contribution in [0.1, 0.15) is 168 Å². The number of hydrogen-bond donors (Lipinski definition) is 0. The number of methoxy groups -OCH3 is 3. The summed E-state index contributed by atoms with van der Waals surface area (Å²) in [5.74, 6) is 1.84. The van der Waals surface area contributed by atoms with Gasteiger partial charge in [-0.25, -0.2) is 0 Å². The van der Waals surface area contributed by atoms with Crippen LogP contribution >= 0.6 is 11.8 Å². The Balaban J connectivity index is 3.72. The molecule has 1 unspecified atom stereocenters. The Labute approximate surface area is 238 Å². The van der Waals surface area contributed by atoms with Crippen molar-refractivity contribution in [2.75, 3.05) is 32.8 Å². The summed E-state index contributed by atoms with van der Waals surface area (Å²) in [7, 11) is 5.14. The van der Waals surface area contributed by atoms with Crippen LogP contribution in [0.5, 0.6) is 0 Å². The maximum Gasteiger partial charge on any atom is 0.285 e. The molecule has 37 heavy (non-hydrogen) atoms. The molecule has 0 bridgehead atoms. The molecule has 0 amide bonds. The van der Waals surface area contributed by atoms with E-state index in [9.17, 15) is 0 Å². The monoisotopic (exact) mass is 544 g/mol. The van der Waals surface area contributed by atoms with Crippen LogP contribution in [0.3, 0.4) is 0 Å². The molecule has 0 radical (unpaired) electrons. The molecule has 0 heterocycles. The Morgan fingerprint density at radius 1 is 0.432 bits per heavy atom. The third-order valence-electron chi connectivity index (χ3n) is 8.01. The molecule has 0 aliphatic rings. The second-order valence-corrected chi connectivity index (χ2v) is 12.4. The third-order valence-corrected chi connectivity index (χ3v) is 9.11. The van der Waals surface area contributed by atoms with Crippen LogP contribution in [-0.2, 0) is 14.2 Å². The topological polar surface area (TPSA) is 27.7 Å². The van der Waals surface area contributed by atoms with Crippen LogP contribution in [0.4, 0.5) is 0 Å². The average Bonchev–Trinajstić information content (AvgIpc) is 2.92. The summed E-state index contributed by atoms with van der Waals surface area (Å²) < 4.78 is 17.2. The van der Waals surface area contributed by atoms with Crippen molar-refractivity contribution in [1.82, 2.24) is 0 Å². The Morgan fingerprint density at radius 2 is 0.784 bits per heavy atom. The SMILES string of the molecule is CCCCCCCCCCCCCCCCCCSCCC(CCCCCCCC)C(OC)(OC)OC. The zero-order chi connectivity index (χ0) is 27.3. The first kappa shape index (κ1) is 37.2. The molecule has 0 spiro atoms. The van der Waals surface area contributed by atoms with E-state index in [1.54, 1.807) is 21.3 Å². The molecule has 4 heteroatoms. The first-order chi connectivity index (χ1) is 18.2. The Hall–Kier alpha value is 0.230. The number of ether oxygens (including phenoxy) is 3. The Kier molecular flexibility index (Phi) is 29.4. The average molecular weight is 545 g/mol. The molecule has 0 aromatic carbocycles. The first-order valence-corrected chi connectivity index (χ1v) is 17.6. The van der Waals surface area contributed by atoms with Crippen molar-refractivity contribution in [3.63, 3.8) is 0 Å². The molecule has 224 valence electrons. The molecule has 0 aliphatic heterocycles. The Morgan fingerprint density at radius 3 is 1.16 bits per heavy atom. The van der Waals surface area contributed by atoms with E-state index in [1.165, 1.54) is 147 Å². The van der Waals surface area contributed by atoms with Gasteiger partial charge in [-0.15, -0.1) is 0 Å². The second kappa shape index (κ2) is 29.2. The summed E-state index contributed by atoms with van der Waals surface area (Å²) in [5.41, 5.74) is 0. The number of hydrogen-bond acceptors (Lipinski definition) is 4. The minimum Gasteiger partial charge on any atom is -0.331 e. The van der Waals surface area contributed by atoms with Gasteiger partial charge in [0.05, 0.1) is 0 Å². The standard InChI is InChI=1S/C33H68O3S/c1-6-8-10-12-14-15-16-17-18-19-20-21-22-23-25-27-30-37-31-29-32(33(34-3,35-4)36-5)28-26-24-13-11-9-7-2/h32H,6-31H2,1-5H3. The van der Waals surface area contributed by atoms with Gasteiger partial charge in [-0.2, -0.15) is 11.8 Å². The molecular weight excluding hydrogens is 476 g/mol. The van der Waals surface area contributed by atoms with Gasteiger partial charge < -0.3 is 14.2 Å². The van der Waals surface area contributed by atoms with E-state index >= 15 is 0 Å². The molecule has 0 aromatic heterocycles. The van der Waals surface area contributed by atoms with Crippen LogP contribution in [-0.4, -0.2) is 38.8 Å². The smallest absolute Gasteiger partial charge is 0.285 e. The maximum absolute atomic E-state index is 5.73. The minimum atomic E-state index is -0.891. The summed E-state index contributed by atoms with van der Waals surface area (Å²) in [5, 5.41) is 0. The highest BCUT2D eigenvalue weighted by atomic mass is 32.2. The number of rotatable bonds is 31. The Bertz CT molecular complexity index is 420. The van der Waals surface area contributed by atoms with E-state index in [0.29, 0.717) is 0 Å². The summed E-state index contributed by atoms with van der Waals surface area (Å²) in [6, 6.07) is 0. The van der Waals surface area contributed by atoms with E-state index in [-0.39, 0.29) is 5.92 Å². The fourth-order valence-corrected chi connectivity index (χ4v) is 6.56. The fraction of sp³-hybridized carbons (Fsp3) is 1.00. The largest absolute Gasteiger partial charge is 0.331 e. The maximum atomic E-state index is 5.73. The van der Waals surface area contributed by atoms with Crippen LogP contribution < -0.4 is 0 Å². The predicted molar refractivity (Wildman–Crippen MR) is 167 cm³/mol. The van der Waals surface area contributed by atoms with Crippen LogP contribution in [0.2, 0.25) is 0 Å². The lowest BCUT2D eigenvalue weighted by molar-refractivity contribution is -0.379. The van der Waals surface area contributed by atoms with Crippen LogP contribution in [0.25, 0.3) is 0 Å².